The summed E-state index contributed by atoms with van der Waals surface area (Å²) in [6, 6.07) is 13.5. The summed E-state index contributed by atoms with van der Waals surface area (Å²) >= 11 is 6.28. The molecular weight excluding hydrogens is 360 g/mol. The Morgan fingerprint density at radius 1 is 0.960 bits per heavy atom. The summed E-state index contributed by atoms with van der Waals surface area (Å²) in [6.45, 7) is 1.97. The van der Waals surface area contributed by atoms with Gasteiger partial charge in [-0.1, -0.05) is 41.4 Å². The molecule has 0 spiro atoms. The van der Waals surface area contributed by atoms with E-state index < -0.39 is 21.9 Å². The van der Waals surface area contributed by atoms with E-state index in [9.17, 15) is 13.2 Å². The lowest BCUT2D eigenvalue weighted by Gasteiger charge is -2.23. The number of nitrogens with zero attached hydrogens (tertiary/aromatic N) is 2. The fourth-order valence-electron chi connectivity index (χ4n) is 3.64. The highest BCUT2D eigenvalue weighted by Gasteiger charge is 2.54. The van der Waals surface area contributed by atoms with E-state index in [0.717, 1.165) is 5.56 Å². The van der Waals surface area contributed by atoms with Crippen molar-refractivity contribution >= 4 is 38.8 Å². The van der Waals surface area contributed by atoms with Gasteiger partial charge in [-0.2, -0.15) is 0 Å². The summed E-state index contributed by atoms with van der Waals surface area (Å²) in [4.78, 5) is 16.3. The number of fused-ring (bicyclic) bond motifs is 1. The SMILES string of the molecule is Cc1ccc(N2C(=O)N(c3ccccc3Cl)[C@H]3CS(=O)(=O)C[C@H]32)cc1. The quantitative estimate of drug-likeness (QED) is 0.756. The van der Waals surface area contributed by atoms with Gasteiger partial charge in [0.05, 0.1) is 34.3 Å². The minimum absolute atomic E-state index is 0.0295. The smallest absolute Gasteiger partial charge is 0.288 e. The standard InChI is InChI=1S/C18H17ClN2O3S/c1-12-6-8-13(9-7-12)20-16-10-25(23,24)11-17(16)21(18(20)22)15-5-3-2-4-14(15)19/h2-9,16-17H,10-11H2,1H3/t16-,17+/m1/s1. The number of sulfone groups is 1. The maximum atomic E-state index is 13.2. The molecule has 7 heteroatoms. The van der Waals surface area contributed by atoms with Crippen molar-refractivity contribution in [2.24, 2.45) is 0 Å². The zero-order valence-corrected chi connectivity index (χ0v) is 15.2. The maximum absolute atomic E-state index is 13.2. The molecule has 2 aliphatic heterocycles. The highest BCUT2D eigenvalue weighted by atomic mass is 35.5. The predicted octanol–water partition coefficient (Wildman–Crippen LogP) is 3.26. The minimum atomic E-state index is -3.21. The molecule has 2 amide bonds. The van der Waals surface area contributed by atoms with Crippen LogP contribution >= 0.6 is 11.6 Å². The van der Waals surface area contributed by atoms with Crippen molar-refractivity contribution in [3.05, 3.63) is 59.1 Å². The number of aryl methyl sites for hydroxylation is 1. The van der Waals surface area contributed by atoms with Crippen LogP contribution in [-0.2, 0) is 9.84 Å². The van der Waals surface area contributed by atoms with E-state index >= 15 is 0 Å². The third kappa shape index (κ3) is 2.69. The zero-order valence-electron chi connectivity index (χ0n) is 13.6. The molecule has 2 heterocycles. The predicted molar refractivity (Wildman–Crippen MR) is 99.2 cm³/mol. The van der Waals surface area contributed by atoms with Gasteiger partial charge in [0.1, 0.15) is 0 Å². The van der Waals surface area contributed by atoms with Crippen molar-refractivity contribution in [3.8, 4) is 0 Å². The van der Waals surface area contributed by atoms with Gasteiger partial charge in [-0.05, 0) is 31.2 Å². The lowest BCUT2D eigenvalue weighted by molar-refractivity contribution is 0.255. The van der Waals surface area contributed by atoms with Crippen LogP contribution in [0.15, 0.2) is 48.5 Å². The first kappa shape index (κ1) is 16.4. The molecule has 0 saturated carbocycles. The van der Waals surface area contributed by atoms with Crippen molar-refractivity contribution in [1.29, 1.82) is 0 Å². The van der Waals surface area contributed by atoms with Gasteiger partial charge < -0.3 is 0 Å². The minimum Gasteiger partial charge on any atom is -0.288 e. The van der Waals surface area contributed by atoms with E-state index in [2.05, 4.69) is 0 Å². The highest BCUT2D eigenvalue weighted by Crippen LogP contribution is 2.40. The number of urea groups is 1. The van der Waals surface area contributed by atoms with Gasteiger partial charge in [0.2, 0.25) is 0 Å². The third-order valence-electron chi connectivity index (χ3n) is 4.79. The molecule has 0 bridgehead atoms. The number of carbonyl (C=O) groups is 1. The molecule has 0 aliphatic carbocycles. The van der Waals surface area contributed by atoms with E-state index in [0.29, 0.717) is 16.4 Å². The lowest BCUT2D eigenvalue weighted by atomic mass is 10.1. The van der Waals surface area contributed by atoms with E-state index in [-0.39, 0.29) is 17.5 Å². The van der Waals surface area contributed by atoms with Crippen LogP contribution < -0.4 is 9.80 Å². The molecule has 25 heavy (non-hydrogen) atoms. The van der Waals surface area contributed by atoms with Crippen LogP contribution in [0.1, 0.15) is 5.56 Å². The van der Waals surface area contributed by atoms with Crippen LogP contribution in [0.2, 0.25) is 5.02 Å². The molecular formula is C18H17ClN2O3S. The van der Waals surface area contributed by atoms with Gasteiger partial charge in [-0.3, -0.25) is 9.80 Å². The Morgan fingerprint density at radius 3 is 2.20 bits per heavy atom. The number of hydrogen-bond donors (Lipinski definition) is 0. The molecule has 2 fully saturated rings. The average molecular weight is 377 g/mol. The van der Waals surface area contributed by atoms with Gasteiger partial charge in [-0.15, -0.1) is 0 Å². The van der Waals surface area contributed by atoms with Crippen molar-refractivity contribution in [1.82, 2.24) is 0 Å². The second-order valence-electron chi connectivity index (χ2n) is 6.52. The van der Waals surface area contributed by atoms with Crippen molar-refractivity contribution in [3.63, 3.8) is 0 Å². The van der Waals surface area contributed by atoms with Crippen molar-refractivity contribution in [2.75, 3.05) is 21.3 Å². The van der Waals surface area contributed by atoms with Crippen LogP contribution in [0.5, 0.6) is 0 Å². The summed E-state index contributed by atoms with van der Waals surface area (Å²) in [6.07, 6.45) is 0. The molecule has 0 aromatic heterocycles. The first-order chi connectivity index (χ1) is 11.9. The summed E-state index contributed by atoms with van der Waals surface area (Å²) in [5.41, 5.74) is 2.34. The fraction of sp³-hybridized carbons (Fsp3) is 0.278. The molecule has 0 radical (unpaired) electrons. The number of halogens is 1. The normalized spacial score (nSPS) is 24.6. The summed E-state index contributed by atoms with van der Waals surface area (Å²) in [5, 5.41) is 0.435. The molecule has 0 unspecified atom stereocenters. The van der Waals surface area contributed by atoms with Crippen LogP contribution in [0.4, 0.5) is 16.2 Å². The number of rotatable bonds is 2. The summed E-state index contributed by atoms with van der Waals surface area (Å²) in [5.74, 6) is -0.0742. The number of anilines is 2. The molecule has 0 N–H and O–H groups in total. The number of hydrogen-bond acceptors (Lipinski definition) is 3. The monoisotopic (exact) mass is 376 g/mol. The molecule has 2 aliphatic rings. The fourth-order valence-corrected chi connectivity index (χ4v) is 5.79. The van der Waals surface area contributed by atoms with Crippen LogP contribution in [0, 0.1) is 6.92 Å². The van der Waals surface area contributed by atoms with Crippen molar-refractivity contribution in [2.45, 2.75) is 19.0 Å². The molecule has 4 rings (SSSR count). The van der Waals surface area contributed by atoms with E-state index in [1.807, 2.05) is 31.2 Å². The number of amides is 2. The first-order valence-corrected chi connectivity index (χ1v) is 10.2. The summed E-state index contributed by atoms with van der Waals surface area (Å²) in [7, 11) is -3.21. The van der Waals surface area contributed by atoms with Crippen LogP contribution in [-0.4, -0.2) is 38.0 Å². The number of benzene rings is 2. The van der Waals surface area contributed by atoms with E-state index in [1.165, 1.54) is 4.90 Å². The Morgan fingerprint density at radius 2 is 1.56 bits per heavy atom. The molecule has 5 nitrogen and oxygen atoms in total. The van der Waals surface area contributed by atoms with Gasteiger partial charge in [0, 0.05) is 5.69 Å². The Balaban J connectivity index is 1.83. The van der Waals surface area contributed by atoms with Gasteiger partial charge in [0.15, 0.2) is 9.84 Å². The first-order valence-electron chi connectivity index (χ1n) is 8.01. The van der Waals surface area contributed by atoms with E-state index in [1.54, 1.807) is 29.2 Å². The van der Waals surface area contributed by atoms with Crippen LogP contribution in [0.25, 0.3) is 0 Å². The van der Waals surface area contributed by atoms with Gasteiger partial charge >= 0.3 is 6.03 Å². The highest BCUT2D eigenvalue weighted by molar-refractivity contribution is 7.91. The average Bonchev–Trinajstić information content (AvgIpc) is 2.99. The molecule has 130 valence electrons. The lowest BCUT2D eigenvalue weighted by Crippen LogP contribution is -2.38. The Bertz CT molecular complexity index is 943. The third-order valence-corrected chi connectivity index (χ3v) is 6.81. The van der Waals surface area contributed by atoms with E-state index in [4.69, 9.17) is 11.6 Å². The van der Waals surface area contributed by atoms with Crippen LogP contribution in [0.3, 0.4) is 0 Å². The second-order valence-corrected chi connectivity index (χ2v) is 9.08. The Hall–Kier alpha value is -2.05. The van der Waals surface area contributed by atoms with Gasteiger partial charge in [-0.25, -0.2) is 13.2 Å². The maximum Gasteiger partial charge on any atom is 0.329 e. The number of para-hydroxylation sites is 1. The summed E-state index contributed by atoms with van der Waals surface area (Å²) < 4.78 is 24.5. The Kier molecular flexibility index (Phi) is 3.77. The molecule has 2 aromatic rings. The topological polar surface area (TPSA) is 57.7 Å². The molecule has 2 atom stereocenters. The second kappa shape index (κ2) is 5.75. The largest absolute Gasteiger partial charge is 0.329 e. The zero-order chi connectivity index (χ0) is 17.8. The van der Waals surface area contributed by atoms with Gasteiger partial charge in [0.25, 0.3) is 0 Å². The molecule has 2 saturated heterocycles. The van der Waals surface area contributed by atoms with Crippen molar-refractivity contribution < 1.29 is 13.2 Å². The molecule has 2 aromatic carbocycles. The number of carbonyl (C=O) groups excluding carboxylic acids is 1. The Labute approximate surface area is 151 Å².